The van der Waals surface area contributed by atoms with Gasteiger partial charge in [-0.15, -0.1) is 11.8 Å². The number of carbonyl (C=O) groups is 2. The van der Waals surface area contributed by atoms with Gasteiger partial charge in [0.25, 0.3) is 0 Å². The number of nitrogens with one attached hydrogen (secondary N) is 1. The van der Waals surface area contributed by atoms with Crippen LogP contribution in [0.15, 0.2) is 59.5 Å². The minimum atomic E-state index is -0.557. The number of halogens is 1. The quantitative estimate of drug-likeness (QED) is 0.509. The van der Waals surface area contributed by atoms with Gasteiger partial charge < -0.3 is 10.2 Å². The molecule has 0 aliphatic rings. The number of amides is 2. The molecular weight excluding hydrogens is 399 g/mol. The van der Waals surface area contributed by atoms with Crippen molar-refractivity contribution in [1.82, 2.24) is 10.2 Å². The molecule has 0 heterocycles. The lowest BCUT2D eigenvalue weighted by Gasteiger charge is -2.31. The van der Waals surface area contributed by atoms with Crippen LogP contribution >= 0.6 is 11.8 Å². The molecule has 2 rings (SSSR count). The summed E-state index contributed by atoms with van der Waals surface area (Å²) >= 11 is 1.62. The third-order valence-corrected chi connectivity index (χ3v) is 5.99. The van der Waals surface area contributed by atoms with Crippen LogP contribution in [0, 0.1) is 5.82 Å². The molecule has 2 atom stereocenters. The van der Waals surface area contributed by atoms with Crippen LogP contribution in [0.1, 0.15) is 45.6 Å². The van der Waals surface area contributed by atoms with E-state index in [4.69, 9.17) is 0 Å². The van der Waals surface area contributed by atoms with E-state index in [-0.39, 0.29) is 30.2 Å². The van der Waals surface area contributed by atoms with Crippen LogP contribution in [0.2, 0.25) is 0 Å². The molecule has 0 saturated carbocycles. The summed E-state index contributed by atoms with van der Waals surface area (Å²) in [4.78, 5) is 28.7. The standard InChI is InChI=1S/C24H31FN2O2S/c1-4-18(3)26-24(29)22(5-2)27(17-19-11-13-20(25)14-12-19)23(28)15-16-30-21-9-7-6-8-10-21/h6-14,18,22H,4-5,15-17H2,1-3H3,(H,26,29)/t18-,22-/m0/s1. The van der Waals surface area contributed by atoms with Crippen LogP contribution in [-0.2, 0) is 16.1 Å². The minimum absolute atomic E-state index is 0.0444. The van der Waals surface area contributed by atoms with Crippen molar-refractivity contribution in [1.29, 1.82) is 0 Å². The Morgan fingerprint density at radius 2 is 1.70 bits per heavy atom. The van der Waals surface area contributed by atoms with Crippen molar-refractivity contribution < 1.29 is 14.0 Å². The second-order valence-electron chi connectivity index (χ2n) is 7.30. The molecule has 0 radical (unpaired) electrons. The Bertz CT molecular complexity index is 799. The lowest BCUT2D eigenvalue weighted by atomic mass is 10.1. The second kappa shape index (κ2) is 12.4. The van der Waals surface area contributed by atoms with Crippen molar-refractivity contribution in [2.75, 3.05) is 5.75 Å². The van der Waals surface area contributed by atoms with E-state index in [2.05, 4.69) is 5.32 Å². The average Bonchev–Trinajstić information content (AvgIpc) is 2.75. The molecule has 0 aliphatic carbocycles. The number of hydrogen-bond donors (Lipinski definition) is 1. The maximum Gasteiger partial charge on any atom is 0.243 e. The van der Waals surface area contributed by atoms with Crippen LogP contribution in [0.5, 0.6) is 0 Å². The Labute approximate surface area is 183 Å². The van der Waals surface area contributed by atoms with Gasteiger partial charge in [-0.05, 0) is 49.6 Å². The van der Waals surface area contributed by atoms with E-state index < -0.39 is 6.04 Å². The summed E-state index contributed by atoms with van der Waals surface area (Å²) in [6, 6.07) is 15.5. The zero-order valence-electron chi connectivity index (χ0n) is 17.9. The van der Waals surface area contributed by atoms with E-state index >= 15 is 0 Å². The van der Waals surface area contributed by atoms with Gasteiger partial charge >= 0.3 is 0 Å². The first-order valence-corrected chi connectivity index (χ1v) is 11.4. The number of nitrogens with zero attached hydrogens (tertiary/aromatic N) is 1. The summed E-state index contributed by atoms with van der Waals surface area (Å²) in [5.41, 5.74) is 0.801. The lowest BCUT2D eigenvalue weighted by molar-refractivity contribution is -0.141. The fraction of sp³-hybridized carbons (Fsp3) is 0.417. The van der Waals surface area contributed by atoms with E-state index in [0.29, 0.717) is 18.6 Å². The molecule has 0 unspecified atom stereocenters. The molecule has 0 saturated heterocycles. The smallest absolute Gasteiger partial charge is 0.243 e. The number of thioether (sulfide) groups is 1. The van der Waals surface area contributed by atoms with Crippen LogP contribution < -0.4 is 5.32 Å². The SMILES string of the molecule is CC[C@H](C)NC(=O)[C@H](CC)N(Cc1ccc(F)cc1)C(=O)CCSc1ccccc1. The molecular formula is C24H31FN2O2S. The topological polar surface area (TPSA) is 49.4 Å². The minimum Gasteiger partial charge on any atom is -0.352 e. The van der Waals surface area contributed by atoms with Crippen molar-refractivity contribution >= 4 is 23.6 Å². The normalized spacial score (nSPS) is 12.8. The van der Waals surface area contributed by atoms with Gasteiger partial charge in [0.2, 0.25) is 11.8 Å². The molecule has 0 aliphatic heterocycles. The third-order valence-electron chi connectivity index (χ3n) is 4.98. The Balaban J connectivity index is 2.12. The van der Waals surface area contributed by atoms with Gasteiger partial charge in [-0.1, -0.05) is 44.2 Å². The van der Waals surface area contributed by atoms with E-state index in [1.54, 1.807) is 28.8 Å². The van der Waals surface area contributed by atoms with Gasteiger partial charge in [0.1, 0.15) is 11.9 Å². The molecule has 1 N–H and O–H groups in total. The molecule has 2 aromatic carbocycles. The Morgan fingerprint density at radius 1 is 1.03 bits per heavy atom. The first kappa shape index (κ1) is 23.9. The van der Waals surface area contributed by atoms with Gasteiger partial charge in [-0.2, -0.15) is 0 Å². The average molecular weight is 431 g/mol. The molecule has 0 spiro atoms. The molecule has 6 heteroatoms. The van der Waals surface area contributed by atoms with Gasteiger partial charge in [0.05, 0.1) is 0 Å². The summed E-state index contributed by atoms with van der Waals surface area (Å²) in [6.45, 7) is 6.15. The molecule has 162 valence electrons. The molecule has 2 aromatic rings. The van der Waals surface area contributed by atoms with E-state index in [1.165, 1.54) is 12.1 Å². The Hall–Kier alpha value is -2.34. The van der Waals surface area contributed by atoms with Crippen molar-refractivity contribution in [3.63, 3.8) is 0 Å². The van der Waals surface area contributed by atoms with Crippen molar-refractivity contribution in [2.45, 2.75) is 63.6 Å². The van der Waals surface area contributed by atoms with Crippen molar-refractivity contribution in [3.05, 3.63) is 66.0 Å². The molecule has 0 aromatic heterocycles. The summed E-state index contributed by atoms with van der Waals surface area (Å²) in [6.07, 6.45) is 1.66. The maximum absolute atomic E-state index is 13.3. The van der Waals surface area contributed by atoms with Crippen LogP contribution in [0.3, 0.4) is 0 Å². The molecule has 0 bridgehead atoms. The Kier molecular flexibility index (Phi) is 9.87. The molecule has 30 heavy (non-hydrogen) atoms. The van der Waals surface area contributed by atoms with E-state index in [0.717, 1.165) is 16.9 Å². The lowest BCUT2D eigenvalue weighted by Crippen LogP contribution is -2.50. The maximum atomic E-state index is 13.3. The van der Waals surface area contributed by atoms with Gasteiger partial charge in [0, 0.05) is 29.7 Å². The Morgan fingerprint density at radius 3 is 2.30 bits per heavy atom. The summed E-state index contributed by atoms with van der Waals surface area (Å²) in [5.74, 6) is 0.0935. The fourth-order valence-corrected chi connectivity index (χ4v) is 3.93. The number of carbonyl (C=O) groups excluding carboxylic acids is 2. The van der Waals surface area contributed by atoms with E-state index in [1.807, 2.05) is 51.1 Å². The fourth-order valence-electron chi connectivity index (χ4n) is 3.06. The number of hydrogen-bond acceptors (Lipinski definition) is 3. The van der Waals surface area contributed by atoms with Gasteiger partial charge in [-0.3, -0.25) is 9.59 Å². The predicted molar refractivity (Wildman–Crippen MR) is 121 cm³/mol. The highest BCUT2D eigenvalue weighted by Gasteiger charge is 2.28. The predicted octanol–water partition coefficient (Wildman–Crippen LogP) is 5.03. The van der Waals surface area contributed by atoms with E-state index in [9.17, 15) is 14.0 Å². The number of rotatable bonds is 11. The first-order chi connectivity index (χ1) is 14.4. The summed E-state index contributed by atoms with van der Waals surface area (Å²) < 4.78 is 13.3. The monoisotopic (exact) mass is 430 g/mol. The van der Waals surface area contributed by atoms with Crippen LogP contribution in [0.25, 0.3) is 0 Å². The van der Waals surface area contributed by atoms with Crippen LogP contribution in [0.4, 0.5) is 4.39 Å². The molecule has 0 fully saturated rings. The van der Waals surface area contributed by atoms with Gasteiger partial charge in [-0.25, -0.2) is 4.39 Å². The highest BCUT2D eigenvalue weighted by Crippen LogP contribution is 2.20. The second-order valence-corrected chi connectivity index (χ2v) is 8.47. The highest BCUT2D eigenvalue weighted by atomic mass is 32.2. The van der Waals surface area contributed by atoms with Crippen molar-refractivity contribution in [3.8, 4) is 0 Å². The zero-order chi connectivity index (χ0) is 21.9. The molecule has 2 amide bonds. The van der Waals surface area contributed by atoms with Gasteiger partial charge in [0.15, 0.2) is 0 Å². The third kappa shape index (κ3) is 7.48. The summed E-state index contributed by atoms with van der Waals surface area (Å²) in [5, 5.41) is 2.99. The first-order valence-electron chi connectivity index (χ1n) is 10.5. The summed E-state index contributed by atoms with van der Waals surface area (Å²) in [7, 11) is 0. The molecule has 4 nitrogen and oxygen atoms in total. The largest absolute Gasteiger partial charge is 0.352 e. The van der Waals surface area contributed by atoms with Crippen LogP contribution in [-0.4, -0.2) is 34.6 Å². The van der Waals surface area contributed by atoms with Crippen molar-refractivity contribution in [2.24, 2.45) is 0 Å². The zero-order valence-corrected chi connectivity index (χ0v) is 18.8. The number of benzene rings is 2. The highest BCUT2D eigenvalue weighted by molar-refractivity contribution is 7.99.